The molecule has 0 saturated carbocycles. The number of hydrogen-bond donors (Lipinski definition) is 1. The van der Waals surface area contributed by atoms with E-state index in [1.807, 2.05) is 25.6 Å². The van der Waals surface area contributed by atoms with Crippen molar-refractivity contribution < 1.29 is 0 Å². The van der Waals surface area contributed by atoms with Crippen LogP contribution in [-0.2, 0) is 13.5 Å². The Morgan fingerprint density at radius 2 is 2.43 bits per heavy atom. The third kappa shape index (κ3) is 2.00. The molecule has 0 aliphatic carbocycles. The zero-order chi connectivity index (χ0) is 9.97. The molecule has 0 amide bonds. The highest BCUT2D eigenvalue weighted by Gasteiger charge is 2.09. The van der Waals surface area contributed by atoms with Crippen molar-refractivity contribution in [1.82, 2.24) is 14.8 Å². The molecule has 4 nitrogen and oxygen atoms in total. The summed E-state index contributed by atoms with van der Waals surface area (Å²) in [5.41, 5.74) is 8.98. The zero-order valence-electron chi connectivity index (χ0n) is 7.92. The Kier molecular flexibility index (Phi) is 2.60. The summed E-state index contributed by atoms with van der Waals surface area (Å²) < 4.78 is 1.79. The standard InChI is InChI=1S/C9H12N4S/c1-13-5-7(3-12-13)2-8(10)9-4-11-6-14-9/h3-6,8H,2,10H2,1H3. The number of aryl methyl sites for hydroxylation is 1. The van der Waals surface area contributed by atoms with E-state index in [2.05, 4.69) is 10.1 Å². The van der Waals surface area contributed by atoms with Gasteiger partial charge in [-0.2, -0.15) is 5.10 Å². The van der Waals surface area contributed by atoms with Gasteiger partial charge in [-0.25, -0.2) is 0 Å². The third-order valence-electron chi connectivity index (χ3n) is 2.03. The predicted molar refractivity (Wildman–Crippen MR) is 56.0 cm³/mol. The first-order valence-electron chi connectivity index (χ1n) is 4.37. The Balaban J connectivity index is 2.05. The van der Waals surface area contributed by atoms with Crippen LogP contribution in [0.15, 0.2) is 24.1 Å². The zero-order valence-corrected chi connectivity index (χ0v) is 8.74. The number of hydrogen-bond acceptors (Lipinski definition) is 4. The van der Waals surface area contributed by atoms with E-state index in [-0.39, 0.29) is 6.04 Å². The van der Waals surface area contributed by atoms with Crippen LogP contribution in [0.25, 0.3) is 0 Å². The summed E-state index contributed by atoms with van der Waals surface area (Å²) >= 11 is 1.59. The van der Waals surface area contributed by atoms with Gasteiger partial charge in [-0.05, 0) is 12.0 Å². The Morgan fingerprint density at radius 3 is 3.00 bits per heavy atom. The van der Waals surface area contributed by atoms with Gasteiger partial charge in [-0.3, -0.25) is 9.67 Å². The fourth-order valence-corrected chi connectivity index (χ4v) is 1.96. The van der Waals surface area contributed by atoms with E-state index in [4.69, 9.17) is 5.73 Å². The van der Waals surface area contributed by atoms with Crippen molar-refractivity contribution in [3.05, 3.63) is 34.5 Å². The SMILES string of the molecule is Cn1cc(CC(N)c2cncs2)cn1. The second-order valence-corrected chi connectivity index (χ2v) is 4.15. The third-order valence-corrected chi connectivity index (χ3v) is 2.94. The van der Waals surface area contributed by atoms with Gasteiger partial charge in [0, 0.05) is 30.4 Å². The minimum Gasteiger partial charge on any atom is -0.323 e. The largest absolute Gasteiger partial charge is 0.323 e. The highest BCUT2D eigenvalue weighted by molar-refractivity contribution is 7.09. The van der Waals surface area contributed by atoms with Gasteiger partial charge in [0.25, 0.3) is 0 Å². The summed E-state index contributed by atoms with van der Waals surface area (Å²) in [6, 6.07) is 0.0340. The Hall–Kier alpha value is -1.20. The molecule has 0 fully saturated rings. The molecule has 2 rings (SSSR count). The molecule has 0 aromatic carbocycles. The van der Waals surface area contributed by atoms with Crippen molar-refractivity contribution in [3.63, 3.8) is 0 Å². The number of nitrogens with zero attached hydrogens (tertiary/aromatic N) is 3. The summed E-state index contributed by atoms with van der Waals surface area (Å²) in [4.78, 5) is 5.13. The molecule has 0 bridgehead atoms. The van der Waals surface area contributed by atoms with Crippen molar-refractivity contribution in [2.24, 2.45) is 12.8 Å². The lowest BCUT2D eigenvalue weighted by molar-refractivity contribution is 0.730. The average molecular weight is 208 g/mol. The number of thiazole rings is 1. The van der Waals surface area contributed by atoms with E-state index < -0.39 is 0 Å². The van der Waals surface area contributed by atoms with Gasteiger partial charge in [0.05, 0.1) is 11.7 Å². The molecule has 0 aliphatic heterocycles. The van der Waals surface area contributed by atoms with Gasteiger partial charge in [0.15, 0.2) is 0 Å². The van der Waals surface area contributed by atoms with Crippen molar-refractivity contribution >= 4 is 11.3 Å². The topological polar surface area (TPSA) is 56.7 Å². The molecule has 5 heteroatoms. The summed E-state index contributed by atoms with van der Waals surface area (Å²) in [5.74, 6) is 0. The number of aromatic nitrogens is 3. The second kappa shape index (κ2) is 3.89. The fraction of sp³-hybridized carbons (Fsp3) is 0.333. The molecule has 2 heterocycles. The molecule has 0 radical (unpaired) electrons. The lowest BCUT2D eigenvalue weighted by Gasteiger charge is -2.05. The first kappa shape index (κ1) is 9.36. The molecule has 2 aromatic rings. The maximum absolute atomic E-state index is 6.01. The Labute approximate surface area is 86.4 Å². The summed E-state index contributed by atoms with van der Waals surface area (Å²) in [5, 5.41) is 4.10. The molecule has 0 aliphatic rings. The van der Waals surface area contributed by atoms with E-state index in [9.17, 15) is 0 Å². The monoisotopic (exact) mass is 208 g/mol. The highest BCUT2D eigenvalue weighted by atomic mass is 32.1. The van der Waals surface area contributed by atoms with Gasteiger partial charge in [0.2, 0.25) is 0 Å². The van der Waals surface area contributed by atoms with Crippen molar-refractivity contribution in [1.29, 1.82) is 0 Å². The van der Waals surface area contributed by atoms with Crippen LogP contribution in [0.1, 0.15) is 16.5 Å². The summed E-state index contributed by atoms with van der Waals surface area (Å²) in [7, 11) is 1.90. The minimum atomic E-state index is 0.0340. The Bertz CT molecular complexity index is 393. The van der Waals surface area contributed by atoms with Crippen molar-refractivity contribution in [3.8, 4) is 0 Å². The molecule has 2 aromatic heterocycles. The second-order valence-electron chi connectivity index (χ2n) is 3.24. The molecule has 1 atom stereocenters. The quantitative estimate of drug-likeness (QED) is 0.822. The van der Waals surface area contributed by atoms with Crippen LogP contribution in [0, 0.1) is 0 Å². The molecule has 0 saturated heterocycles. The summed E-state index contributed by atoms with van der Waals surface area (Å²) in [6.45, 7) is 0. The average Bonchev–Trinajstić information content (AvgIpc) is 2.75. The predicted octanol–water partition coefficient (Wildman–Crippen LogP) is 1.12. The van der Waals surface area contributed by atoms with E-state index >= 15 is 0 Å². The first-order chi connectivity index (χ1) is 6.75. The molecule has 2 N–H and O–H groups in total. The van der Waals surface area contributed by atoms with Crippen LogP contribution >= 0.6 is 11.3 Å². The van der Waals surface area contributed by atoms with Crippen LogP contribution < -0.4 is 5.73 Å². The smallest absolute Gasteiger partial charge is 0.0794 e. The van der Waals surface area contributed by atoms with Crippen LogP contribution in [-0.4, -0.2) is 14.8 Å². The fourth-order valence-electron chi connectivity index (χ4n) is 1.34. The van der Waals surface area contributed by atoms with Crippen LogP contribution in [0.2, 0.25) is 0 Å². The maximum atomic E-state index is 6.01. The van der Waals surface area contributed by atoms with Gasteiger partial charge >= 0.3 is 0 Å². The first-order valence-corrected chi connectivity index (χ1v) is 5.25. The minimum absolute atomic E-state index is 0.0340. The lowest BCUT2D eigenvalue weighted by Crippen LogP contribution is -2.11. The summed E-state index contributed by atoms with van der Waals surface area (Å²) in [6.07, 6.45) is 6.48. The number of nitrogens with two attached hydrogens (primary N) is 1. The molecule has 0 spiro atoms. The van der Waals surface area contributed by atoms with Crippen molar-refractivity contribution in [2.45, 2.75) is 12.5 Å². The van der Waals surface area contributed by atoms with Gasteiger partial charge in [0.1, 0.15) is 0 Å². The van der Waals surface area contributed by atoms with E-state index in [0.717, 1.165) is 16.9 Å². The van der Waals surface area contributed by atoms with Crippen LogP contribution in [0.4, 0.5) is 0 Å². The van der Waals surface area contributed by atoms with Crippen LogP contribution in [0.5, 0.6) is 0 Å². The molecular formula is C9H12N4S. The Morgan fingerprint density at radius 1 is 1.57 bits per heavy atom. The van der Waals surface area contributed by atoms with Gasteiger partial charge in [-0.1, -0.05) is 0 Å². The van der Waals surface area contributed by atoms with Gasteiger partial charge in [-0.15, -0.1) is 11.3 Å². The van der Waals surface area contributed by atoms with Gasteiger partial charge < -0.3 is 5.73 Å². The number of rotatable bonds is 3. The van der Waals surface area contributed by atoms with E-state index in [1.54, 1.807) is 21.5 Å². The van der Waals surface area contributed by atoms with E-state index in [0.29, 0.717) is 0 Å². The van der Waals surface area contributed by atoms with E-state index in [1.165, 1.54) is 0 Å². The molecule has 14 heavy (non-hydrogen) atoms. The van der Waals surface area contributed by atoms with Crippen molar-refractivity contribution in [2.75, 3.05) is 0 Å². The van der Waals surface area contributed by atoms with Crippen LogP contribution in [0.3, 0.4) is 0 Å². The normalized spacial score (nSPS) is 13.0. The molecule has 74 valence electrons. The molecule has 1 unspecified atom stereocenters. The maximum Gasteiger partial charge on any atom is 0.0794 e. The highest BCUT2D eigenvalue weighted by Crippen LogP contribution is 2.18. The lowest BCUT2D eigenvalue weighted by atomic mass is 10.1. The molecular weight excluding hydrogens is 196 g/mol.